The van der Waals surface area contributed by atoms with Gasteiger partial charge in [-0.15, -0.1) is 0 Å². The van der Waals surface area contributed by atoms with Gasteiger partial charge in [-0.3, -0.25) is 5.84 Å². The van der Waals surface area contributed by atoms with Crippen LogP contribution in [0.4, 0.5) is 5.69 Å². The molecule has 0 heterocycles. The molecule has 0 aliphatic carbocycles. The van der Waals surface area contributed by atoms with Crippen LogP contribution in [0, 0.1) is 0 Å². The van der Waals surface area contributed by atoms with Gasteiger partial charge >= 0.3 is 0 Å². The van der Waals surface area contributed by atoms with E-state index in [1.165, 1.54) is 7.11 Å². The number of hydrogen-bond donors (Lipinski definition) is 2. The molecule has 0 radical (unpaired) electrons. The van der Waals surface area contributed by atoms with Gasteiger partial charge in [-0.25, -0.2) is 0 Å². The molecule has 1 aromatic carbocycles. The summed E-state index contributed by atoms with van der Waals surface area (Å²) in [6.45, 7) is 0. The number of rotatable bonds is 3. The first-order valence-electron chi connectivity index (χ1n) is 3.35. The van der Waals surface area contributed by atoms with Crippen LogP contribution in [0.25, 0.3) is 0 Å². The maximum absolute atomic E-state index is 5.81. The summed E-state index contributed by atoms with van der Waals surface area (Å²) in [5.74, 6) is 5.44. The fraction of sp³-hybridized carbons (Fsp3) is 0.143. The first-order chi connectivity index (χ1) is 6.19. The fourth-order valence-corrected chi connectivity index (χ4v) is 1.36. The molecular weight excluding hydrogens is 215 g/mol. The summed E-state index contributed by atoms with van der Waals surface area (Å²) in [7, 11) is 1.36. The van der Waals surface area contributed by atoms with Crippen LogP contribution in [0.15, 0.2) is 12.1 Å². The van der Waals surface area contributed by atoms with Crippen LogP contribution in [0.3, 0.4) is 0 Å². The lowest BCUT2D eigenvalue weighted by Gasteiger charge is -2.07. The van der Waals surface area contributed by atoms with Gasteiger partial charge in [-0.2, -0.15) is 4.89 Å². The average molecular weight is 223 g/mol. The van der Waals surface area contributed by atoms with Crippen molar-refractivity contribution in [2.45, 2.75) is 0 Å². The summed E-state index contributed by atoms with van der Waals surface area (Å²) in [6.07, 6.45) is 0. The van der Waals surface area contributed by atoms with Crippen LogP contribution in [0.5, 0.6) is 5.75 Å². The number of nitrogens with one attached hydrogen (secondary N) is 1. The highest BCUT2D eigenvalue weighted by Crippen LogP contribution is 2.35. The van der Waals surface area contributed by atoms with Gasteiger partial charge in [0.2, 0.25) is 5.75 Å². The van der Waals surface area contributed by atoms with Gasteiger partial charge in [-0.1, -0.05) is 23.2 Å². The quantitative estimate of drug-likeness (QED) is 0.468. The lowest BCUT2D eigenvalue weighted by atomic mass is 10.3. The highest BCUT2D eigenvalue weighted by molar-refractivity contribution is 6.37. The number of anilines is 1. The van der Waals surface area contributed by atoms with Crippen LogP contribution in [-0.2, 0) is 4.89 Å². The van der Waals surface area contributed by atoms with Crippen molar-refractivity contribution in [2.75, 3.05) is 12.5 Å². The molecule has 0 fully saturated rings. The van der Waals surface area contributed by atoms with Gasteiger partial charge < -0.3 is 10.3 Å². The van der Waals surface area contributed by atoms with E-state index >= 15 is 0 Å². The Bertz CT molecular complexity index is 284. The first-order valence-corrected chi connectivity index (χ1v) is 4.11. The third-order valence-electron chi connectivity index (χ3n) is 1.33. The summed E-state index contributed by atoms with van der Waals surface area (Å²) < 4.78 is 0. The molecule has 13 heavy (non-hydrogen) atoms. The van der Waals surface area contributed by atoms with Gasteiger partial charge in [0.25, 0.3) is 0 Å². The molecule has 0 spiro atoms. The van der Waals surface area contributed by atoms with E-state index in [-0.39, 0.29) is 5.75 Å². The van der Waals surface area contributed by atoms with Gasteiger partial charge in [0.15, 0.2) is 0 Å². The van der Waals surface area contributed by atoms with E-state index in [0.29, 0.717) is 15.7 Å². The topological polar surface area (TPSA) is 56.5 Å². The standard InChI is InChI=1S/C7H8Cl2N2O2/c1-12-13-7-5(8)2-4(11-10)3-6(7)9/h2-3,11H,10H2,1H3. The third-order valence-corrected chi connectivity index (χ3v) is 1.89. The largest absolute Gasteiger partial charge is 0.335 e. The number of nitrogens with two attached hydrogens (primary N) is 1. The fourth-order valence-electron chi connectivity index (χ4n) is 0.806. The van der Waals surface area contributed by atoms with E-state index in [2.05, 4.69) is 10.3 Å². The van der Waals surface area contributed by atoms with Gasteiger partial charge in [0.05, 0.1) is 22.8 Å². The molecule has 0 atom stereocenters. The predicted octanol–water partition coefficient (Wildman–Crippen LogP) is 2.22. The second-order valence-corrected chi connectivity index (χ2v) is 2.98. The summed E-state index contributed by atoms with van der Waals surface area (Å²) >= 11 is 11.6. The number of benzene rings is 1. The molecule has 0 aromatic heterocycles. The van der Waals surface area contributed by atoms with E-state index in [1.54, 1.807) is 12.1 Å². The Balaban J connectivity index is 3.07. The first kappa shape index (κ1) is 10.4. The van der Waals surface area contributed by atoms with Crippen molar-refractivity contribution < 1.29 is 9.78 Å². The molecule has 1 aromatic rings. The number of hydrazine groups is 1. The molecule has 0 aliphatic rings. The van der Waals surface area contributed by atoms with Crippen LogP contribution < -0.4 is 16.2 Å². The summed E-state index contributed by atoms with van der Waals surface area (Å²) in [6, 6.07) is 3.14. The van der Waals surface area contributed by atoms with Gasteiger partial charge in [-0.05, 0) is 12.1 Å². The van der Waals surface area contributed by atoms with Crippen molar-refractivity contribution >= 4 is 28.9 Å². The molecule has 0 unspecified atom stereocenters. The van der Waals surface area contributed by atoms with Crippen molar-refractivity contribution in [3.8, 4) is 5.75 Å². The number of hydrogen-bond acceptors (Lipinski definition) is 4. The molecule has 0 amide bonds. The zero-order valence-corrected chi connectivity index (χ0v) is 8.32. The van der Waals surface area contributed by atoms with Gasteiger partial charge in [0.1, 0.15) is 0 Å². The zero-order chi connectivity index (χ0) is 9.84. The molecule has 72 valence electrons. The van der Waals surface area contributed by atoms with E-state index < -0.39 is 0 Å². The molecule has 0 bridgehead atoms. The predicted molar refractivity (Wildman–Crippen MR) is 51.9 cm³/mol. The molecule has 6 heteroatoms. The molecule has 0 aliphatic heterocycles. The zero-order valence-electron chi connectivity index (χ0n) is 6.80. The Hall–Kier alpha value is -0.680. The SMILES string of the molecule is COOc1c(Cl)cc(NN)cc1Cl. The second-order valence-electron chi connectivity index (χ2n) is 2.16. The smallest absolute Gasteiger partial charge is 0.202 e. The summed E-state index contributed by atoms with van der Waals surface area (Å²) in [5, 5.41) is 0.643. The van der Waals surface area contributed by atoms with Crippen LogP contribution in [-0.4, -0.2) is 7.11 Å². The number of halogens is 2. The van der Waals surface area contributed by atoms with Crippen LogP contribution >= 0.6 is 23.2 Å². The third kappa shape index (κ3) is 2.38. The summed E-state index contributed by atoms with van der Waals surface area (Å²) in [5.41, 5.74) is 3.01. The van der Waals surface area contributed by atoms with Crippen molar-refractivity contribution in [2.24, 2.45) is 5.84 Å². The second kappa shape index (κ2) is 4.53. The van der Waals surface area contributed by atoms with E-state index in [9.17, 15) is 0 Å². The Labute approximate surface area is 85.4 Å². The summed E-state index contributed by atoms with van der Waals surface area (Å²) in [4.78, 5) is 9.18. The minimum Gasteiger partial charge on any atom is -0.335 e. The molecular formula is C7H8Cl2N2O2. The Morgan fingerprint density at radius 2 is 1.85 bits per heavy atom. The van der Waals surface area contributed by atoms with Crippen LogP contribution in [0.1, 0.15) is 0 Å². The van der Waals surface area contributed by atoms with Crippen molar-refractivity contribution in [1.82, 2.24) is 0 Å². The minimum absolute atomic E-state index is 0.268. The van der Waals surface area contributed by atoms with E-state index in [4.69, 9.17) is 33.9 Å². The normalized spacial score (nSPS) is 9.85. The number of nitrogen functional groups attached to an aromatic ring is 1. The molecule has 1 rings (SSSR count). The van der Waals surface area contributed by atoms with Crippen molar-refractivity contribution in [3.63, 3.8) is 0 Å². The minimum atomic E-state index is 0.268. The maximum atomic E-state index is 5.81. The average Bonchev–Trinajstić information content (AvgIpc) is 2.11. The molecule has 3 N–H and O–H groups in total. The lowest BCUT2D eigenvalue weighted by molar-refractivity contribution is -0.177. The molecule has 0 saturated carbocycles. The molecule has 0 saturated heterocycles. The van der Waals surface area contributed by atoms with Crippen LogP contribution in [0.2, 0.25) is 10.0 Å². The van der Waals surface area contributed by atoms with Crippen molar-refractivity contribution in [3.05, 3.63) is 22.2 Å². The Morgan fingerprint density at radius 3 is 2.23 bits per heavy atom. The van der Waals surface area contributed by atoms with Gasteiger partial charge in [0, 0.05) is 0 Å². The maximum Gasteiger partial charge on any atom is 0.202 e. The Morgan fingerprint density at radius 1 is 1.31 bits per heavy atom. The Kier molecular flexibility index (Phi) is 3.62. The lowest BCUT2D eigenvalue weighted by Crippen LogP contribution is -2.06. The molecule has 4 nitrogen and oxygen atoms in total. The van der Waals surface area contributed by atoms with E-state index in [0.717, 1.165) is 0 Å². The monoisotopic (exact) mass is 222 g/mol. The van der Waals surface area contributed by atoms with E-state index in [1.807, 2.05) is 0 Å². The highest BCUT2D eigenvalue weighted by Gasteiger charge is 2.09. The highest BCUT2D eigenvalue weighted by atomic mass is 35.5. The van der Waals surface area contributed by atoms with Crippen molar-refractivity contribution in [1.29, 1.82) is 0 Å².